The second-order valence-corrected chi connectivity index (χ2v) is 6.89. The van der Waals surface area contributed by atoms with Gasteiger partial charge < -0.3 is 10.2 Å². The Morgan fingerprint density at radius 3 is 2.15 bits per heavy atom. The first-order valence-corrected chi connectivity index (χ1v) is 9.12. The number of nitrogens with one attached hydrogen (secondary N) is 1. The van der Waals surface area contributed by atoms with Crippen LogP contribution in [0.4, 0.5) is 0 Å². The van der Waals surface area contributed by atoms with E-state index in [4.69, 9.17) is 0 Å². The van der Waals surface area contributed by atoms with E-state index in [1.165, 1.54) is 77.7 Å². The van der Waals surface area contributed by atoms with E-state index in [2.05, 4.69) is 37.9 Å². The second kappa shape index (κ2) is 9.78. The van der Waals surface area contributed by atoms with Gasteiger partial charge in [0, 0.05) is 13.1 Å². The quantitative estimate of drug-likeness (QED) is 0.601. The minimum absolute atomic E-state index is 0.493. The Hall–Kier alpha value is -0.0800. The first-order chi connectivity index (χ1) is 9.69. The molecule has 1 aliphatic rings. The molecular weight excluding hydrogens is 244 g/mol. The highest BCUT2D eigenvalue weighted by atomic mass is 15.1. The fraction of sp³-hybridized carbons (Fsp3) is 1.00. The van der Waals surface area contributed by atoms with Gasteiger partial charge >= 0.3 is 0 Å². The van der Waals surface area contributed by atoms with Crippen molar-refractivity contribution in [1.82, 2.24) is 10.2 Å². The van der Waals surface area contributed by atoms with Gasteiger partial charge in [-0.25, -0.2) is 0 Å². The fourth-order valence-corrected chi connectivity index (χ4v) is 3.63. The third-order valence-corrected chi connectivity index (χ3v) is 5.39. The molecule has 0 aromatic carbocycles. The molecule has 20 heavy (non-hydrogen) atoms. The standard InChI is InChI=1S/C18H38N2/c1-5-9-17-10-13-20(14-11-17)16-18(7-3,8-4)15-19-12-6-2/h17,19H,5-16H2,1-4H3. The highest BCUT2D eigenvalue weighted by Crippen LogP contribution is 2.30. The number of likely N-dealkylation sites (tertiary alicyclic amines) is 1. The van der Waals surface area contributed by atoms with E-state index in [-0.39, 0.29) is 0 Å². The van der Waals surface area contributed by atoms with E-state index in [9.17, 15) is 0 Å². The molecule has 1 fully saturated rings. The molecule has 0 unspecified atom stereocenters. The summed E-state index contributed by atoms with van der Waals surface area (Å²) in [7, 11) is 0. The van der Waals surface area contributed by atoms with Crippen molar-refractivity contribution in [2.45, 2.75) is 72.6 Å². The van der Waals surface area contributed by atoms with Crippen molar-refractivity contribution in [2.24, 2.45) is 11.3 Å². The molecule has 1 aliphatic heterocycles. The molecule has 1 saturated heterocycles. The third kappa shape index (κ3) is 5.73. The molecule has 2 heteroatoms. The van der Waals surface area contributed by atoms with E-state index in [1.54, 1.807) is 0 Å². The summed E-state index contributed by atoms with van der Waals surface area (Å²) in [6, 6.07) is 0. The topological polar surface area (TPSA) is 15.3 Å². The average Bonchev–Trinajstić information content (AvgIpc) is 2.49. The van der Waals surface area contributed by atoms with Crippen molar-refractivity contribution in [3.8, 4) is 0 Å². The molecule has 1 N–H and O–H groups in total. The van der Waals surface area contributed by atoms with E-state index in [1.807, 2.05) is 0 Å². The highest BCUT2D eigenvalue weighted by Gasteiger charge is 2.30. The predicted octanol–water partition coefficient (Wildman–Crippen LogP) is 4.30. The molecule has 1 heterocycles. The number of rotatable bonds is 10. The second-order valence-electron chi connectivity index (χ2n) is 6.89. The maximum Gasteiger partial charge on any atom is 0.00499 e. The van der Waals surface area contributed by atoms with Crippen LogP contribution in [-0.4, -0.2) is 37.6 Å². The van der Waals surface area contributed by atoms with Crippen LogP contribution in [0.15, 0.2) is 0 Å². The van der Waals surface area contributed by atoms with Crippen LogP contribution in [0.2, 0.25) is 0 Å². The molecule has 0 aromatic heterocycles. The zero-order valence-electron chi connectivity index (χ0n) is 14.5. The van der Waals surface area contributed by atoms with Crippen LogP contribution in [0.1, 0.15) is 72.6 Å². The zero-order valence-corrected chi connectivity index (χ0v) is 14.5. The largest absolute Gasteiger partial charge is 0.316 e. The summed E-state index contributed by atoms with van der Waals surface area (Å²) in [5.41, 5.74) is 0.493. The summed E-state index contributed by atoms with van der Waals surface area (Å²) in [4.78, 5) is 2.74. The summed E-state index contributed by atoms with van der Waals surface area (Å²) >= 11 is 0. The maximum atomic E-state index is 3.67. The molecule has 120 valence electrons. The van der Waals surface area contributed by atoms with Gasteiger partial charge in [0.25, 0.3) is 0 Å². The van der Waals surface area contributed by atoms with Gasteiger partial charge in [-0.05, 0) is 63.1 Å². The van der Waals surface area contributed by atoms with Gasteiger partial charge in [0.15, 0.2) is 0 Å². The number of nitrogens with zero attached hydrogens (tertiary/aromatic N) is 1. The summed E-state index contributed by atoms with van der Waals surface area (Å²) in [5.74, 6) is 1.01. The van der Waals surface area contributed by atoms with Gasteiger partial charge in [0.05, 0.1) is 0 Å². The van der Waals surface area contributed by atoms with Crippen molar-refractivity contribution in [1.29, 1.82) is 0 Å². The van der Waals surface area contributed by atoms with Crippen LogP contribution < -0.4 is 5.32 Å². The number of hydrogen-bond acceptors (Lipinski definition) is 2. The van der Waals surface area contributed by atoms with Crippen molar-refractivity contribution in [3.63, 3.8) is 0 Å². The SMILES string of the molecule is CCCNCC(CC)(CC)CN1CCC(CCC)CC1. The van der Waals surface area contributed by atoms with Gasteiger partial charge in [0.2, 0.25) is 0 Å². The molecule has 0 radical (unpaired) electrons. The Morgan fingerprint density at radius 2 is 1.65 bits per heavy atom. The van der Waals surface area contributed by atoms with E-state index >= 15 is 0 Å². The lowest BCUT2D eigenvalue weighted by atomic mass is 9.80. The van der Waals surface area contributed by atoms with Crippen LogP contribution in [0, 0.1) is 11.3 Å². The molecule has 0 atom stereocenters. The highest BCUT2D eigenvalue weighted by molar-refractivity contribution is 4.85. The monoisotopic (exact) mass is 282 g/mol. The van der Waals surface area contributed by atoms with E-state index in [0.717, 1.165) is 5.92 Å². The lowest BCUT2D eigenvalue weighted by Crippen LogP contribution is -2.46. The van der Waals surface area contributed by atoms with Gasteiger partial charge in [-0.3, -0.25) is 0 Å². The van der Waals surface area contributed by atoms with Crippen molar-refractivity contribution < 1.29 is 0 Å². The first kappa shape index (κ1) is 18.0. The first-order valence-electron chi connectivity index (χ1n) is 9.12. The van der Waals surface area contributed by atoms with Crippen LogP contribution in [0.3, 0.4) is 0 Å². The Balaban J connectivity index is 2.41. The molecule has 1 rings (SSSR count). The average molecular weight is 283 g/mol. The van der Waals surface area contributed by atoms with Gasteiger partial charge in [-0.15, -0.1) is 0 Å². The third-order valence-electron chi connectivity index (χ3n) is 5.39. The Bertz CT molecular complexity index is 228. The Kier molecular flexibility index (Phi) is 8.79. The molecule has 0 amide bonds. The minimum atomic E-state index is 0.493. The normalized spacial score (nSPS) is 18.6. The summed E-state index contributed by atoms with van der Waals surface area (Å²) in [6.45, 7) is 15.7. The summed E-state index contributed by atoms with van der Waals surface area (Å²) < 4.78 is 0. The van der Waals surface area contributed by atoms with Crippen LogP contribution in [-0.2, 0) is 0 Å². The Morgan fingerprint density at radius 1 is 1.00 bits per heavy atom. The summed E-state index contributed by atoms with van der Waals surface area (Å²) in [5, 5.41) is 3.67. The predicted molar refractivity (Wildman–Crippen MR) is 90.2 cm³/mol. The molecule has 0 aliphatic carbocycles. The maximum absolute atomic E-state index is 3.67. The smallest absolute Gasteiger partial charge is 0.00499 e. The van der Waals surface area contributed by atoms with Crippen LogP contribution in [0.25, 0.3) is 0 Å². The number of piperidine rings is 1. The van der Waals surface area contributed by atoms with Crippen molar-refractivity contribution in [3.05, 3.63) is 0 Å². The van der Waals surface area contributed by atoms with E-state index < -0.39 is 0 Å². The van der Waals surface area contributed by atoms with Crippen LogP contribution in [0.5, 0.6) is 0 Å². The molecule has 0 spiro atoms. The van der Waals surface area contributed by atoms with Gasteiger partial charge in [-0.2, -0.15) is 0 Å². The number of hydrogen-bond donors (Lipinski definition) is 1. The van der Waals surface area contributed by atoms with Gasteiger partial charge in [-0.1, -0.05) is 40.5 Å². The molecule has 0 bridgehead atoms. The molecule has 0 saturated carbocycles. The van der Waals surface area contributed by atoms with Crippen LogP contribution >= 0.6 is 0 Å². The summed E-state index contributed by atoms with van der Waals surface area (Å²) in [6.07, 6.45) is 9.51. The van der Waals surface area contributed by atoms with Crippen molar-refractivity contribution in [2.75, 3.05) is 32.7 Å². The lowest BCUT2D eigenvalue weighted by molar-refractivity contribution is 0.0983. The molecule has 0 aromatic rings. The lowest BCUT2D eigenvalue weighted by Gasteiger charge is -2.40. The van der Waals surface area contributed by atoms with E-state index in [0.29, 0.717) is 5.41 Å². The minimum Gasteiger partial charge on any atom is -0.316 e. The van der Waals surface area contributed by atoms with Gasteiger partial charge in [0.1, 0.15) is 0 Å². The molecule has 2 nitrogen and oxygen atoms in total. The fourth-order valence-electron chi connectivity index (χ4n) is 3.63. The zero-order chi connectivity index (χ0) is 14.8. The Labute approximate surface area is 127 Å². The molecular formula is C18H38N2. The van der Waals surface area contributed by atoms with Crippen molar-refractivity contribution >= 4 is 0 Å².